The van der Waals surface area contributed by atoms with Gasteiger partial charge in [-0.3, -0.25) is 0 Å². The van der Waals surface area contributed by atoms with Crippen LogP contribution in [0.1, 0.15) is 36.1 Å². The molecule has 1 aliphatic rings. The maximum Gasteiger partial charge on any atom is 0.0973 e. The second-order valence-corrected chi connectivity index (χ2v) is 15.2. The van der Waals surface area contributed by atoms with Gasteiger partial charge in [0.05, 0.1) is 27.8 Å². The summed E-state index contributed by atoms with van der Waals surface area (Å²) < 4.78 is 2.66. The van der Waals surface area contributed by atoms with Gasteiger partial charge in [0, 0.05) is 36.7 Å². The fraction of sp³-hybridized carbons (Fsp3) is 0.0833. The van der Waals surface area contributed by atoms with Crippen molar-refractivity contribution in [3.63, 3.8) is 0 Å². The molecule has 242 valence electrons. The highest BCUT2D eigenvalue weighted by atomic mass is 32.1. The summed E-state index contributed by atoms with van der Waals surface area (Å²) in [6, 6.07) is 61.7. The summed E-state index contributed by atoms with van der Waals surface area (Å²) in [5, 5.41) is 2.63. The molecule has 0 N–H and O–H groups in total. The van der Waals surface area contributed by atoms with Gasteiger partial charge in [0.2, 0.25) is 0 Å². The number of hydrogen-bond donors (Lipinski definition) is 0. The number of rotatable bonds is 4. The van der Waals surface area contributed by atoms with Crippen LogP contribution in [-0.2, 0) is 10.8 Å². The standard InChI is InChI=1S/C48H34N2S/c1-47(2)38-21-9-6-17-34(38)35-18-7-10-22-39(35)48(47,40-23-14-20-37-36-19-8-13-26-43(36)51-46(37)40)33-29-27-32(28-30-33)45-44(31-15-4-3-5-16-31)49-41-24-11-12-25-42(41)50-45/h3-30H,1-2H3. The summed E-state index contributed by atoms with van der Waals surface area (Å²) in [6.07, 6.45) is 0. The van der Waals surface area contributed by atoms with Crippen molar-refractivity contribution in [2.45, 2.75) is 24.7 Å². The zero-order chi connectivity index (χ0) is 34.2. The Bertz CT molecular complexity index is 2780. The average Bonchev–Trinajstić information content (AvgIpc) is 3.58. The Morgan fingerprint density at radius 3 is 1.69 bits per heavy atom. The van der Waals surface area contributed by atoms with Gasteiger partial charge in [0.25, 0.3) is 0 Å². The quantitative estimate of drug-likeness (QED) is 0.186. The van der Waals surface area contributed by atoms with E-state index in [1.54, 1.807) is 0 Å². The van der Waals surface area contributed by atoms with Crippen molar-refractivity contribution in [3.8, 4) is 33.6 Å². The van der Waals surface area contributed by atoms with Crippen molar-refractivity contribution in [2.24, 2.45) is 0 Å². The highest BCUT2D eigenvalue weighted by Gasteiger charge is 2.55. The minimum absolute atomic E-state index is 0.318. The van der Waals surface area contributed by atoms with Crippen LogP contribution >= 0.6 is 11.3 Å². The van der Waals surface area contributed by atoms with Gasteiger partial charge in [-0.2, -0.15) is 0 Å². The van der Waals surface area contributed by atoms with Gasteiger partial charge in [-0.25, -0.2) is 9.97 Å². The molecule has 1 unspecified atom stereocenters. The van der Waals surface area contributed by atoms with Crippen LogP contribution in [0.15, 0.2) is 170 Å². The molecule has 2 aromatic heterocycles. The molecule has 51 heavy (non-hydrogen) atoms. The predicted molar refractivity (Wildman–Crippen MR) is 215 cm³/mol. The Balaban J connectivity index is 1.28. The van der Waals surface area contributed by atoms with E-state index in [2.05, 4.69) is 159 Å². The zero-order valence-electron chi connectivity index (χ0n) is 28.5. The van der Waals surface area contributed by atoms with Crippen molar-refractivity contribution < 1.29 is 0 Å². The molecule has 3 heteroatoms. The van der Waals surface area contributed by atoms with E-state index in [0.29, 0.717) is 0 Å². The van der Waals surface area contributed by atoms with Crippen LogP contribution in [0.3, 0.4) is 0 Å². The smallest absolute Gasteiger partial charge is 0.0973 e. The molecule has 1 atom stereocenters. The molecule has 9 aromatic rings. The normalized spacial score (nSPS) is 16.3. The summed E-state index contributed by atoms with van der Waals surface area (Å²) >= 11 is 1.91. The molecule has 7 aromatic carbocycles. The third-order valence-electron chi connectivity index (χ3n) is 11.2. The van der Waals surface area contributed by atoms with Crippen LogP contribution in [-0.4, -0.2) is 9.97 Å². The molecule has 0 aliphatic heterocycles. The summed E-state index contributed by atoms with van der Waals surface area (Å²) in [7, 11) is 0. The fourth-order valence-electron chi connectivity index (χ4n) is 8.92. The Morgan fingerprint density at radius 2 is 0.961 bits per heavy atom. The summed E-state index contributed by atoms with van der Waals surface area (Å²) in [5.74, 6) is 0. The van der Waals surface area contributed by atoms with Gasteiger partial charge in [-0.15, -0.1) is 11.3 Å². The maximum absolute atomic E-state index is 5.24. The van der Waals surface area contributed by atoms with Crippen LogP contribution in [0, 0.1) is 0 Å². The minimum atomic E-state index is -0.506. The molecule has 0 saturated carbocycles. The third kappa shape index (κ3) is 4.28. The lowest BCUT2D eigenvalue weighted by molar-refractivity contribution is 0.356. The van der Waals surface area contributed by atoms with Crippen molar-refractivity contribution in [3.05, 3.63) is 192 Å². The molecule has 0 fully saturated rings. The molecule has 2 nitrogen and oxygen atoms in total. The van der Waals surface area contributed by atoms with E-state index in [9.17, 15) is 0 Å². The Morgan fingerprint density at radius 1 is 0.431 bits per heavy atom. The largest absolute Gasteiger partial charge is 0.244 e. The molecular formula is C48H34N2S. The SMILES string of the molecule is CC1(C)c2ccccc2-c2ccccc2C1(c1ccc(-c2nc3ccccc3nc2-c2ccccc2)cc1)c1cccc2c1sc1ccccc12. The van der Waals surface area contributed by atoms with Crippen molar-refractivity contribution >= 4 is 42.5 Å². The highest BCUT2D eigenvalue weighted by molar-refractivity contribution is 7.26. The molecule has 0 spiro atoms. The van der Waals surface area contributed by atoms with E-state index in [-0.39, 0.29) is 5.41 Å². The lowest BCUT2D eigenvalue weighted by Gasteiger charge is -2.53. The summed E-state index contributed by atoms with van der Waals surface area (Å²) in [6.45, 7) is 4.90. The zero-order valence-corrected chi connectivity index (χ0v) is 29.3. The first-order valence-electron chi connectivity index (χ1n) is 17.6. The first-order valence-corrected chi connectivity index (χ1v) is 18.4. The number of para-hydroxylation sites is 2. The van der Waals surface area contributed by atoms with Crippen molar-refractivity contribution in [1.29, 1.82) is 0 Å². The van der Waals surface area contributed by atoms with Crippen molar-refractivity contribution in [1.82, 2.24) is 9.97 Å². The van der Waals surface area contributed by atoms with E-state index in [0.717, 1.165) is 33.5 Å². The van der Waals surface area contributed by atoms with Gasteiger partial charge in [0.15, 0.2) is 0 Å². The number of benzene rings is 7. The van der Waals surface area contributed by atoms with Gasteiger partial charge in [0.1, 0.15) is 0 Å². The van der Waals surface area contributed by atoms with Crippen LogP contribution in [0.25, 0.3) is 64.8 Å². The number of nitrogens with zero attached hydrogens (tertiary/aromatic N) is 2. The van der Waals surface area contributed by atoms with Crippen LogP contribution in [0.2, 0.25) is 0 Å². The lowest BCUT2D eigenvalue weighted by Crippen LogP contribution is -2.49. The third-order valence-corrected chi connectivity index (χ3v) is 12.4. The van der Waals surface area contributed by atoms with E-state index < -0.39 is 5.41 Å². The molecule has 1 aliphatic carbocycles. The molecule has 0 saturated heterocycles. The predicted octanol–water partition coefficient (Wildman–Crippen LogP) is 12.6. The monoisotopic (exact) mass is 670 g/mol. The van der Waals surface area contributed by atoms with E-state index in [1.807, 2.05) is 35.6 Å². The Labute approximate surface area is 301 Å². The van der Waals surface area contributed by atoms with Gasteiger partial charge >= 0.3 is 0 Å². The minimum Gasteiger partial charge on any atom is -0.244 e. The number of aromatic nitrogens is 2. The van der Waals surface area contributed by atoms with Gasteiger partial charge < -0.3 is 0 Å². The molecule has 0 radical (unpaired) electrons. The number of hydrogen-bond acceptors (Lipinski definition) is 3. The topological polar surface area (TPSA) is 25.8 Å². The average molecular weight is 671 g/mol. The Kier molecular flexibility index (Phi) is 6.65. The molecular weight excluding hydrogens is 637 g/mol. The van der Waals surface area contributed by atoms with Gasteiger partial charge in [-0.1, -0.05) is 166 Å². The first kappa shape index (κ1) is 30.0. The molecule has 0 amide bonds. The highest BCUT2D eigenvalue weighted by Crippen LogP contribution is 2.62. The Hall–Kier alpha value is -5.90. The number of thiophene rings is 1. The van der Waals surface area contributed by atoms with E-state index in [4.69, 9.17) is 9.97 Å². The second-order valence-electron chi connectivity index (χ2n) is 14.1. The van der Waals surface area contributed by atoms with Gasteiger partial charge in [-0.05, 0) is 51.6 Å². The molecule has 0 bridgehead atoms. The first-order chi connectivity index (χ1) is 25.1. The van der Waals surface area contributed by atoms with Crippen LogP contribution < -0.4 is 0 Å². The molecule has 10 rings (SSSR count). The van der Waals surface area contributed by atoms with Crippen molar-refractivity contribution in [2.75, 3.05) is 0 Å². The fourth-order valence-corrected chi connectivity index (χ4v) is 10.2. The van der Waals surface area contributed by atoms with E-state index >= 15 is 0 Å². The van der Waals surface area contributed by atoms with Crippen LogP contribution in [0.5, 0.6) is 0 Å². The number of fused-ring (bicyclic) bond motifs is 7. The maximum atomic E-state index is 5.24. The molecule has 2 heterocycles. The second kappa shape index (κ2) is 11.3. The van der Waals surface area contributed by atoms with E-state index in [1.165, 1.54) is 53.6 Å². The summed E-state index contributed by atoms with van der Waals surface area (Å²) in [5.41, 5.74) is 12.8. The lowest BCUT2D eigenvalue weighted by atomic mass is 9.49. The van der Waals surface area contributed by atoms with Crippen LogP contribution in [0.4, 0.5) is 0 Å². The summed E-state index contributed by atoms with van der Waals surface area (Å²) in [4.78, 5) is 10.4.